The van der Waals surface area contributed by atoms with Crippen LogP contribution < -0.4 is 0 Å². The Morgan fingerprint density at radius 1 is 1.05 bits per heavy atom. The minimum atomic E-state index is -0.334. The van der Waals surface area contributed by atoms with Crippen LogP contribution in [0.25, 0.3) is 11.0 Å². The van der Waals surface area contributed by atoms with Crippen molar-refractivity contribution in [3.05, 3.63) is 65.5 Å². The van der Waals surface area contributed by atoms with Crippen molar-refractivity contribution in [3.63, 3.8) is 0 Å². The van der Waals surface area contributed by atoms with Crippen LogP contribution in [0.4, 0.5) is 8.78 Å². The molecule has 20 heavy (non-hydrogen) atoms. The molecule has 0 fully saturated rings. The van der Waals surface area contributed by atoms with Crippen LogP contribution in [0, 0.1) is 11.6 Å². The maximum atomic E-state index is 13.4. The number of alkyl halides is 1. The minimum absolute atomic E-state index is 0.214. The van der Waals surface area contributed by atoms with Gasteiger partial charge in [-0.25, -0.2) is 13.8 Å². The predicted octanol–water partition coefficient (Wildman–Crippen LogP) is 4.10. The number of rotatable bonds is 3. The Kier molecular flexibility index (Phi) is 3.40. The summed E-state index contributed by atoms with van der Waals surface area (Å²) in [6.07, 6.45) is 0. The van der Waals surface area contributed by atoms with E-state index in [-0.39, 0.29) is 17.5 Å². The maximum Gasteiger partial charge on any atom is 0.125 e. The van der Waals surface area contributed by atoms with Gasteiger partial charge < -0.3 is 4.57 Å². The van der Waals surface area contributed by atoms with E-state index in [1.807, 2.05) is 6.07 Å². The molecule has 0 aliphatic rings. The first-order valence-corrected chi connectivity index (χ1v) is 6.66. The van der Waals surface area contributed by atoms with Crippen molar-refractivity contribution in [3.8, 4) is 0 Å². The molecule has 0 N–H and O–H groups in total. The highest BCUT2D eigenvalue weighted by Crippen LogP contribution is 2.20. The van der Waals surface area contributed by atoms with Gasteiger partial charge in [0.2, 0.25) is 0 Å². The number of fused-ring (bicyclic) bond motifs is 1. The van der Waals surface area contributed by atoms with E-state index in [0.29, 0.717) is 23.4 Å². The van der Waals surface area contributed by atoms with Gasteiger partial charge in [0.25, 0.3) is 0 Å². The second-order valence-electron chi connectivity index (χ2n) is 4.51. The monoisotopic (exact) mass is 292 g/mol. The van der Waals surface area contributed by atoms with Gasteiger partial charge in [0, 0.05) is 6.54 Å². The quantitative estimate of drug-likeness (QED) is 0.665. The van der Waals surface area contributed by atoms with Crippen LogP contribution in [-0.4, -0.2) is 9.55 Å². The third-order valence-electron chi connectivity index (χ3n) is 3.14. The molecule has 3 aromatic rings. The van der Waals surface area contributed by atoms with Crippen LogP contribution in [0.1, 0.15) is 11.4 Å². The molecule has 0 radical (unpaired) electrons. The van der Waals surface area contributed by atoms with Crippen molar-refractivity contribution < 1.29 is 8.78 Å². The summed E-state index contributed by atoms with van der Waals surface area (Å²) < 4.78 is 28.4. The van der Waals surface area contributed by atoms with Gasteiger partial charge in [0.05, 0.1) is 16.9 Å². The lowest BCUT2D eigenvalue weighted by atomic mass is 10.2. The number of hydrogen-bond acceptors (Lipinski definition) is 1. The first-order chi connectivity index (χ1) is 9.67. The molecule has 1 heterocycles. The average molecular weight is 293 g/mol. The number of nitrogens with zero attached hydrogens (tertiary/aromatic N) is 2. The molecule has 2 aromatic carbocycles. The summed E-state index contributed by atoms with van der Waals surface area (Å²) in [4.78, 5) is 4.36. The number of benzene rings is 2. The van der Waals surface area contributed by atoms with Gasteiger partial charge in [-0.05, 0) is 35.9 Å². The summed E-state index contributed by atoms with van der Waals surface area (Å²) in [5.74, 6) is 0.215. The van der Waals surface area contributed by atoms with Crippen LogP contribution in [0.15, 0.2) is 42.5 Å². The molecule has 0 unspecified atom stereocenters. The molecule has 0 bridgehead atoms. The van der Waals surface area contributed by atoms with E-state index in [9.17, 15) is 8.78 Å². The Hall–Kier alpha value is -1.94. The second kappa shape index (κ2) is 5.21. The number of hydrogen-bond donors (Lipinski definition) is 0. The van der Waals surface area contributed by atoms with Crippen molar-refractivity contribution in [2.45, 2.75) is 12.4 Å². The van der Waals surface area contributed by atoms with Crippen molar-refractivity contribution >= 4 is 22.6 Å². The predicted molar refractivity (Wildman–Crippen MR) is 74.8 cm³/mol. The van der Waals surface area contributed by atoms with E-state index in [4.69, 9.17) is 11.6 Å². The van der Waals surface area contributed by atoms with Crippen molar-refractivity contribution in [1.29, 1.82) is 0 Å². The summed E-state index contributed by atoms with van der Waals surface area (Å²) in [5, 5.41) is 0. The van der Waals surface area contributed by atoms with Crippen LogP contribution in [-0.2, 0) is 12.4 Å². The Bertz CT molecular complexity index is 768. The highest BCUT2D eigenvalue weighted by molar-refractivity contribution is 6.16. The Balaban J connectivity index is 2.11. The van der Waals surface area contributed by atoms with Gasteiger partial charge in [0.1, 0.15) is 17.5 Å². The fraction of sp³-hybridized carbons (Fsp3) is 0.133. The summed E-state index contributed by atoms with van der Waals surface area (Å²) in [6.45, 7) is 0.403. The zero-order chi connectivity index (χ0) is 14.1. The van der Waals surface area contributed by atoms with Crippen LogP contribution in [0.5, 0.6) is 0 Å². The Morgan fingerprint density at radius 3 is 2.60 bits per heavy atom. The summed E-state index contributed by atoms with van der Waals surface area (Å²) >= 11 is 5.89. The lowest BCUT2D eigenvalue weighted by Gasteiger charge is -2.08. The first-order valence-electron chi connectivity index (χ1n) is 6.12. The zero-order valence-corrected chi connectivity index (χ0v) is 11.2. The molecule has 2 nitrogen and oxygen atoms in total. The van der Waals surface area contributed by atoms with Crippen molar-refractivity contribution in [2.24, 2.45) is 0 Å². The molecule has 3 rings (SSSR count). The largest absolute Gasteiger partial charge is 0.322 e. The lowest BCUT2D eigenvalue weighted by Crippen LogP contribution is -2.04. The van der Waals surface area contributed by atoms with E-state index in [2.05, 4.69) is 4.98 Å². The third kappa shape index (κ3) is 2.39. The van der Waals surface area contributed by atoms with Crippen molar-refractivity contribution in [1.82, 2.24) is 9.55 Å². The molecule has 0 amide bonds. The minimum Gasteiger partial charge on any atom is -0.322 e. The van der Waals surface area contributed by atoms with E-state index in [0.717, 1.165) is 5.56 Å². The molecule has 0 saturated carbocycles. The standard InChI is InChI=1S/C15H11ClF2N2/c16-8-15-19-13-5-4-12(18)7-14(13)20(15)9-10-2-1-3-11(17)6-10/h1-7H,8-9H2. The number of halogens is 3. The summed E-state index contributed by atoms with van der Waals surface area (Å²) in [7, 11) is 0. The first kappa shape index (κ1) is 13.1. The molecular formula is C15H11ClF2N2. The van der Waals surface area contributed by atoms with Gasteiger partial charge in [-0.15, -0.1) is 11.6 Å². The smallest absolute Gasteiger partial charge is 0.125 e. The van der Waals surface area contributed by atoms with Gasteiger partial charge in [-0.3, -0.25) is 0 Å². The lowest BCUT2D eigenvalue weighted by molar-refractivity contribution is 0.622. The topological polar surface area (TPSA) is 17.8 Å². The SMILES string of the molecule is Fc1cccc(Cn2c(CCl)nc3ccc(F)cc32)c1. The van der Waals surface area contributed by atoms with Gasteiger partial charge in [-0.1, -0.05) is 12.1 Å². The molecule has 0 saturated heterocycles. The third-order valence-corrected chi connectivity index (χ3v) is 3.38. The van der Waals surface area contributed by atoms with Crippen LogP contribution >= 0.6 is 11.6 Å². The maximum absolute atomic E-state index is 13.4. The van der Waals surface area contributed by atoms with E-state index >= 15 is 0 Å². The van der Waals surface area contributed by atoms with Crippen LogP contribution in [0.3, 0.4) is 0 Å². The molecule has 0 aliphatic heterocycles. The second-order valence-corrected chi connectivity index (χ2v) is 4.78. The van der Waals surface area contributed by atoms with E-state index in [1.165, 1.54) is 24.3 Å². The fourth-order valence-electron chi connectivity index (χ4n) is 2.24. The highest BCUT2D eigenvalue weighted by atomic mass is 35.5. The molecule has 1 aromatic heterocycles. The van der Waals surface area contributed by atoms with Crippen molar-refractivity contribution in [2.75, 3.05) is 0 Å². The summed E-state index contributed by atoms with van der Waals surface area (Å²) in [5.41, 5.74) is 2.11. The molecule has 0 atom stereocenters. The zero-order valence-electron chi connectivity index (χ0n) is 10.5. The average Bonchev–Trinajstić information content (AvgIpc) is 2.76. The Labute approximate surface area is 119 Å². The molecule has 0 spiro atoms. The molecule has 5 heteroatoms. The number of imidazole rings is 1. The molecule has 102 valence electrons. The molecular weight excluding hydrogens is 282 g/mol. The normalized spacial score (nSPS) is 11.2. The summed E-state index contributed by atoms with van der Waals surface area (Å²) in [6, 6.07) is 10.7. The Morgan fingerprint density at radius 2 is 1.85 bits per heavy atom. The number of aromatic nitrogens is 2. The fourth-order valence-corrected chi connectivity index (χ4v) is 2.45. The van der Waals surface area contributed by atoms with Gasteiger partial charge in [0.15, 0.2) is 0 Å². The van der Waals surface area contributed by atoms with Crippen LogP contribution in [0.2, 0.25) is 0 Å². The highest BCUT2D eigenvalue weighted by Gasteiger charge is 2.11. The molecule has 0 aliphatic carbocycles. The van der Waals surface area contributed by atoms with E-state index < -0.39 is 0 Å². The van der Waals surface area contributed by atoms with Gasteiger partial charge in [-0.2, -0.15) is 0 Å². The van der Waals surface area contributed by atoms with Gasteiger partial charge >= 0.3 is 0 Å². The van der Waals surface area contributed by atoms with E-state index in [1.54, 1.807) is 16.7 Å².